The molecule has 0 bridgehead atoms. The number of carbonyl (C=O) groups is 1. The molecule has 1 aromatic rings. The van der Waals surface area contributed by atoms with E-state index in [1.165, 1.54) is 12.1 Å². The molecule has 2 N–H and O–H groups in total. The van der Waals surface area contributed by atoms with Crippen molar-refractivity contribution >= 4 is 17.6 Å². The van der Waals surface area contributed by atoms with Gasteiger partial charge in [-0.3, -0.25) is 0 Å². The van der Waals surface area contributed by atoms with Crippen LogP contribution in [0.5, 0.6) is 0 Å². The molecule has 15 heavy (non-hydrogen) atoms. The van der Waals surface area contributed by atoms with Crippen LogP contribution in [0.2, 0.25) is 5.02 Å². The monoisotopic (exact) mass is 231 g/mol. The highest BCUT2D eigenvalue weighted by Crippen LogP contribution is 2.19. The Bertz CT molecular complexity index is 370. The summed E-state index contributed by atoms with van der Waals surface area (Å²) >= 11 is 5.49. The maximum Gasteiger partial charge on any atom is 0.327 e. The number of rotatable bonds is 3. The summed E-state index contributed by atoms with van der Waals surface area (Å²) in [5, 5.41) is -0.00481. The van der Waals surface area contributed by atoms with E-state index < -0.39 is 17.8 Å². The minimum absolute atomic E-state index is 0.00481. The average molecular weight is 232 g/mol. The van der Waals surface area contributed by atoms with Gasteiger partial charge in [0.25, 0.3) is 0 Å². The molecule has 1 atom stereocenters. The molecule has 0 fully saturated rings. The number of hydrogen-bond acceptors (Lipinski definition) is 3. The van der Waals surface area contributed by atoms with Crippen molar-refractivity contribution in [3.05, 3.63) is 34.6 Å². The average Bonchev–Trinajstić information content (AvgIpc) is 2.21. The smallest absolute Gasteiger partial charge is 0.327 e. The lowest BCUT2D eigenvalue weighted by atomic mass is 10.1. The van der Waals surface area contributed by atoms with E-state index >= 15 is 0 Å². The van der Waals surface area contributed by atoms with Gasteiger partial charge in [0.15, 0.2) is 0 Å². The number of ether oxygens (including phenoxy) is 1. The van der Waals surface area contributed by atoms with Crippen molar-refractivity contribution in [2.24, 2.45) is 5.73 Å². The Kier molecular flexibility index (Phi) is 4.05. The van der Waals surface area contributed by atoms with E-state index in [-0.39, 0.29) is 11.6 Å². The van der Waals surface area contributed by atoms with E-state index in [0.717, 1.165) is 6.07 Å². The molecule has 3 nitrogen and oxygen atoms in total. The van der Waals surface area contributed by atoms with E-state index in [1.54, 1.807) is 6.92 Å². The standard InChI is InChI=1S/C10H11ClFNO2/c1-2-15-10(14)9(13)6-3-4-7(11)8(12)5-6/h3-5,9H,2,13H2,1H3. The molecular formula is C10H11ClFNO2. The maximum atomic E-state index is 13.0. The van der Waals surface area contributed by atoms with Crippen LogP contribution in [-0.4, -0.2) is 12.6 Å². The topological polar surface area (TPSA) is 52.3 Å². The molecular weight excluding hydrogens is 221 g/mol. The van der Waals surface area contributed by atoms with Crippen LogP contribution in [0.1, 0.15) is 18.5 Å². The molecule has 0 aromatic heterocycles. The number of carbonyl (C=O) groups excluding carboxylic acids is 1. The molecule has 1 unspecified atom stereocenters. The van der Waals surface area contributed by atoms with E-state index in [1.807, 2.05) is 0 Å². The Balaban J connectivity index is 2.86. The van der Waals surface area contributed by atoms with Crippen LogP contribution in [0.3, 0.4) is 0 Å². The minimum atomic E-state index is -0.975. The molecule has 82 valence electrons. The van der Waals surface area contributed by atoms with Crippen LogP contribution in [0.25, 0.3) is 0 Å². The van der Waals surface area contributed by atoms with Crippen molar-refractivity contribution in [1.29, 1.82) is 0 Å². The Labute approximate surface area is 92.0 Å². The summed E-state index contributed by atoms with van der Waals surface area (Å²) in [5.74, 6) is -1.19. The van der Waals surface area contributed by atoms with Crippen LogP contribution in [-0.2, 0) is 9.53 Å². The lowest BCUT2D eigenvalue weighted by Gasteiger charge is -2.10. The zero-order valence-corrected chi connectivity index (χ0v) is 8.92. The van der Waals surface area contributed by atoms with Gasteiger partial charge in [-0.25, -0.2) is 9.18 Å². The first-order valence-corrected chi connectivity index (χ1v) is 4.81. The van der Waals surface area contributed by atoms with Crippen molar-refractivity contribution in [3.63, 3.8) is 0 Å². The molecule has 0 aliphatic rings. The van der Waals surface area contributed by atoms with Crippen molar-refractivity contribution in [1.82, 2.24) is 0 Å². The summed E-state index contributed by atoms with van der Waals surface area (Å²) in [6.45, 7) is 1.91. The van der Waals surface area contributed by atoms with Gasteiger partial charge in [-0.2, -0.15) is 0 Å². The Hall–Kier alpha value is -1.13. The molecule has 0 spiro atoms. The zero-order valence-electron chi connectivity index (χ0n) is 8.17. The minimum Gasteiger partial charge on any atom is -0.465 e. The fraction of sp³-hybridized carbons (Fsp3) is 0.300. The normalized spacial score (nSPS) is 12.3. The molecule has 0 amide bonds. The third kappa shape index (κ3) is 2.91. The number of halogens is 2. The quantitative estimate of drug-likeness (QED) is 0.810. The van der Waals surface area contributed by atoms with Gasteiger partial charge in [0.2, 0.25) is 0 Å². The van der Waals surface area contributed by atoms with Crippen molar-refractivity contribution in [3.8, 4) is 0 Å². The van der Waals surface area contributed by atoms with Crippen LogP contribution in [0, 0.1) is 5.82 Å². The number of benzene rings is 1. The molecule has 0 saturated heterocycles. The fourth-order valence-corrected chi connectivity index (χ4v) is 1.19. The fourth-order valence-electron chi connectivity index (χ4n) is 1.07. The van der Waals surface area contributed by atoms with Gasteiger partial charge in [0, 0.05) is 0 Å². The Morgan fingerprint density at radius 3 is 2.87 bits per heavy atom. The van der Waals surface area contributed by atoms with Gasteiger partial charge < -0.3 is 10.5 Å². The molecule has 0 aliphatic carbocycles. The first kappa shape index (κ1) is 11.9. The van der Waals surface area contributed by atoms with Gasteiger partial charge in [-0.05, 0) is 24.6 Å². The molecule has 1 rings (SSSR count). The highest BCUT2D eigenvalue weighted by Gasteiger charge is 2.17. The lowest BCUT2D eigenvalue weighted by Crippen LogP contribution is -2.23. The summed E-state index contributed by atoms with van der Waals surface area (Å²) in [7, 11) is 0. The molecule has 5 heteroatoms. The van der Waals surface area contributed by atoms with Gasteiger partial charge in [-0.1, -0.05) is 17.7 Å². The summed E-state index contributed by atoms with van der Waals surface area (Å²) < 4.78 is 17.8. The summed E-state index contributed by atoms with van der Waals surface area (Å²) in [4.78, 5) is 11.2. The molecule has 0 aliphatic heterocycles. The van der Waals surface area contributed by atoms with Crippen molar-refractivity contribution < 1.29 is 13.9 Å². The molecule has 1 aromatic carbocycles. The summed E-state index contributed by atoms with van der Waals surface area (Å²) in [6, 6.07) is 3.00. The largest absolute Gasteiger partial charge is 0.465 e. The zero-order chi connectivity index (χ0) is 11.4. The van der Waals surface area contributed by atoms with Crippen LogP contribution in [0.15, 0.2) is 18.2 Å². The van der Waals surface area contributed by atoms with Gasteiger partial charge in [-0.15, -0.1) is 0 Å². The Morgan fingerprint density at radius 2 is 2.33 bits per heavy atom. The van der Waals surface area contributed by atoms with Gasteiger partial charge >= 0.3 is 5.97 Å². The second-order valence-corrected chi connectivity index (χ2v) is 3.31. The first-order chi connectivity index (χ1) is 7.06. The first-order valence-electron chi connectivity index (χ1n) is 4.43. The summed E-state index contributed by atoms with van der Waals surface area (Å²) in [5.41, 5.74) is 5.90. The SMILES string of the molecule is CCOC(=O)C(N)c1ccc(Cl)c(F)c1. The Morgan fingerprint density at radius 1 is 1.67 bits per heavy atom. The van der Waals surface area contributed by atoms with Gasteiger partial charge in [0.05, 0.1) is 11.6 Å². The number of nitrogens with two attached hydrogens (primary N) is 1. The molecule has 0 radical (unpaired) electrons. The van der Waals surface area contributed by atoms with Crippen LogP contribution in [0.4, 0.5) is 4.39 Å². The van der Waals surface area contributed by atoms with E-state index in [4.69, 9.17) is 22.1 Å². The van der Waals surface area contributed by atoms with Gasteiger partial charge in [0.1, 0.15) is 11.9 Å². The van der Waals surface area contributed by atoms with E-state index in [2.05, 4.69) is 0 Å². The third-order valence-corrected chi connectivity index (χ3v) is 2.15. The van der Waals surface area contributed by atoms with Crippen LogP contribution >= 0.6 is 11.6 Å². The predicted molar refractivity (Wildman–Crippen MR) is 55.0 cm³/mol. The number of esters is 1. The van der Waals surface area contributed by atoms with Crippen molar-refractivity contribution in [2.45, 2.75) is 13.0 Å². The number of hydrogen-bond donors (Lipinski definition) is 1. The lowest BCUT2D eigenvalue weighted by molar-refractivity contribution is -0.144. The highest BCUT2D eigenvalue weighted by atomic mass is 35.5. The van der Waals surface area contributed by atoms with E-state index in [0.29, 0.717) is 5.56 Å². The van der Waals surface area contributed by atoms with Crippen LogP contribution < -0.4 is 5.73 Å². The van der Waals surface area contributed by atoms with Crippen molar-refractivity contribution in [2.75, 3.05) is 6.61 Å². The summed E-state index contributed by atoms with van der Waals surface area (Å²) in [6.07, 6.45) is 0. The van der Waals surface area contributed by atoms with E-state index in [9.17, 15) is 9.18 Å². The highest BCUT2D eigenvalue weighted by molar-refractivity contribution is 6.30. The third-order valence-electron chi connectivity index (χ3n) is 1.84. The predicted octanol–water partition coefficient (Wildman–Crippen LogP) is 2.04. The molecule has 0 heterocycles. The second-order valence-electron chi connectivity index (χ2n) is 2.90. The molecule has 0 saturated carbocycles. The second kappa shape index (κ2) is 5.09. The maximum absolute atomic E-state index is 13.0.